The molecule has 0 spiro atoms. The van der Waals surface area contributed by atoms with Crippen LogP contribution in [0.25, 0.3) is 0 Å². The summed E-state index contributed by atoms with van der Waals surface area (Å²) in [6.07, 6.45) is 20.3. The molecule has 0 fully saturated rings. The maximum atomic E-state index is 11.6. The molecule has 0 aliphatic heterocycles. The van der Waals surface area contributed by atoms with Crippen LogP contribution in [0.4, 0.5) is 0 Å². The molecular formula is C60H108O12. The van der Waals surface area contributed by atoms with Crippen molar-refractivity contribution in [2.24, 2.45) is 17.8 Å². The van der Waals surface area contributed by atoms with Gasteiger partial charge in [-0.1, -0.05) is 135 Å². The first-order chi connectivity index (χ1) is 33.9. The summed E-state index contributed by atoms with van der Waals surface area (Å²) in [5.74, 6) is 1.16. The number of hydrogen-bond donors (Lipinski definition) is 0. The standard InChI is InChI=1S/C12H22O2.C11H20O2.2C10H18O2.C9H16O2.C8H14O2/c1-4-7-8-11(13)9-12(14)10(5-2)6-3;1-4-6-7-10(12)8-11(13)9(3)5-2;1-4-5-6-9(11)7-10(12)8(2)3;1-3-5-7-10(12)8-9(11)6-4-2;1-3-5-6-9(11)7-8(10)4-2;1-3-4-5-8(10)6-7(2)9/h10H,4-9H2,1-3H3;9H,4-8H2,1-3H3;8H,4-7H2,1-3H3;3-8H2,1-2H3;3-7H2,1-2H3;3-6H2,1-2H3. The van der Waals surface area contributed by atoms with Gasteiger partial charge in [0.15, 0.2) is 0 Å². The molecule has 0 radical (unpaired) electrons. The number of unbranched alkanes of at least 4 members (excludes halogenated alkanes) is 6. The molecule has 0 saturated carbocycles. The van der Waals surface area contributed by atoms with Gasteiger partial charge in [0, 0.05) is 69.1 Å². The monoisotopic (exact) mass is 1020 g/mol. The van der Waals surface area contributed by atoms with Gasteiger partial charge in [-0.15, -0.1) is 0 Å². The Kier molecular flexibility index (Phi) is 63.9. The molecule has 0 bridgehead atoms. The van der Waals surface area contributed by atoms with Gasteiger partial charge < -0.3 is 0 Å². The van der Waals surface area contributed by atoms with Gasteiger partial charge in [-0.05, 0) is 71.1 Å². The summed E-state index contributed by atoms with van der Waals surface area (Å²) in [4.78, 5) is 133. The van der Waals surface area contributed by atoms with Crippen molar-refractivity contribution in [2.75, 3.05) is 0 Å². The van der Waals surface area contributed by atoms with E-state index in [9.17, 15) is 57.5 Å². The highest BCUT2D eigenvalue weighted by atomic mass is 16.2. The average molecular weight is 1020 g/mol. The third-order valence-corrected chi connectivity index (χ3v) is 11.4. The summed E-state index contributed by atoms with van der Waals surface area (Å²) in [7, 11) is 0. The highest BCUT2D eigenvalue weighted by molar-refractivity contribution is 6.02. The van der Waals surface area contributed by atoms with Crippen LogP contribution < -0.4 is 0 Å². The van der Waals surface area contributed by atoms with Crippen molar-refractivity contribution < 1.29 is 57.5 Å². The largest absolute Gasteiger partial charge is 0.300 e. The van der Waals surface area contributed by atoms with Crippen molar-refractivity contribution in [3.05, 3.63) is 0 Å². The summed E-state index contributed by atoms with van der Waals surface area (Å²) >= 11 is 0. The minimum Gasteiger partial charge on any atom is -0.300 e. The summed E-state index contributed by atoms with van der Waals surface area (Å²) in [6, 6.07) is 0. The molecule has 0 aliphatic rings. The molecule has 72 heavy (non-hydrogen) atoms. The van der Waals surface area contributed by atoms with Gasteiger partial charge in [-0.3, -0.25) is 57.5 Å². The fourth-order valence-electron chi connectivity index (χ4n) is 6.06. The molecule has 0 aromatic heterocycles. The topological polar surface area (TPSA) is 205 Å². The molecule has 0 aliphatic carbocycles. The molecule has 420 valence electrons. The Labute approximate surface area is 439 Å². The van der Waals surface area contributed by atoms with Crippen LogP contribution in [0.2, 0.25) is 0 Å². The lowest BCUT2D eigenvalue weighted by atomic mass is 9.94. The van der Waals surface area contributed by atoms with Crippen LogP contribution >= 0.6 is 0 Å². The summed E-state index contributed by atoms with van der Waals surface area (Å²) in [5.41, 5.74) is 0. The van der Waals surface area contributed by atoms with Crippen molar-refractivity contribution >= 4 is 69.4 Å². The van der Waals surface area contributed by atoms with E-state index in [-0.39, 0.29) is 126 Å². The van der Waals surface area contributed by atoms with Gasteiger partial charge in [0.05, 0.1) is 38.5 Å². The molecule has 0 aromatic carbocycles. The molecule has 0 aromatic rings. The number of carbonyl (C=O) groups excluding carboxylic acids is 12. The Morgan fingerprint density at radius 1 is 0.292 bits per heavy atom. The van der Waals surface area contributed by atoms with Crippen LogP contribution in [0, 0.1) is 17.8 Å². The molecule has 0 rings (SSSR count). The molecule has 12 nitrogen and oxygen atoms in total. The fraction of sp³-hybridized carbons (Fsp3) is 0.800. The SMILES string of the molecule is CCCCC(=O)CC(=O)C(C)C.CCCCC(=O)CC(=O)C(C)CC.CCCCC(=O)CC(=O)C(CC)CC.CCCCC(=O)CC(=O)CC.CCCCC(=O)CC(=O)CCC.CCCCC(=O)CC(C)=O. The van der Waals surface area contributed by atoms with Crippen LogP contribution in [0.5, 0.6) is 0 Å². The van der Waals surface area contributed by atoms with Crippen molar-refractivity contribution in [2.45, 2.75) is 296 Å². The predicted octanol–water partition coefficient (Wildman–Crippen LogP) is 14.6. The molecule has 0 amide bonds. The number of carbonyl (C=O) groups is 12. The Balaban J connectivity index is -0.000000182. The normalized spacial score (nSPS) is 10.5. The number of rotatable bonds is 39. The van der Waals surface area contributed by atoms with Crippen molar-refractivity contribution in [1.82, 2.24) is 0 Å². The number of Topliss-reactive ketones (excluding diaryl/α,β-unsaturated/α-hetero) is 12. The molecule has 0 N–H and O–H groups in total. The summed E-state index contributed by atoms with van der Waals surface area (Å²) in [5, 5.41) is 0. The average Bonchev–Trinajstić information content (AvgIpc) is 3.33. The van der Waals surface area contributed by atoms with E-state index < -0.39 is 0 Å². The predicted molar refractivity (Wildman–Crippen MR) is 294 cm³/mol. The molecule has 0 heterocycles. The second kappa shape index (κ2) is 57.9. The van der Waals surface area contributed by atoms with Crippen LogP contribution in [-0.4, -0.2) is 69.4 Å². The quantitative estimate of drug-likeness (QED) is 0.0527. The van der Waals surface area contributed by atoms with Crippen LogP contribution in [0.1, 0.15) is 296 Å². The maximum absolute atomic E-state index is 11.6. The van der Waals surface area contributed by atoms with Gasteiger partial charge in [-0.2, -0.15) is 0 Å². The van der Waals surface area contributed by atoms with E-state index in [1.54, 1.807) is 6.92 Å². The van der Waals surface area contributed by atoms with E-state index in [4.69, 9.17) is 0 Å². The van der Waals surface area contributed by atoms with E-state index in [2.05, 4.69) is 6.92 Å². The number of ketones is 12. The molecule has 12 heteroatoms. The van der Waals surface area contributed by atoms with Crippen molar-refractivity contribution in [1.29, 1.82) is 0 Å². The van der Waals surface area contributed by atoms with E-state index in [1.165, 1.54) is 6.92 Å². The minimum absolute atomic E-state index is 0.00410. The van der Waals surface area contributed by atoms with E-state index in [0.717, 1.165) is 103 Å². The fourth-order valence-corrected chi connectivity index (χ4v) is 6.06. The first kappa shape index (κ1) is 79.4. The molecule has 1 unspecified atom stereocenters. The Hall–Kier alpha value is -3.96. The molecular weight excluding hydrogens is 913 g/mol. The van der Waals surface area contributed by atoms with E-state index >= 15 is 0 Å². The van der Waals surface area contributed by atoms with Crippen LogP contribution in [0.3, 0.4) is 0 Å². The lowest BCUT2D eigenvalue weighted by Gasteiger charge is -2.09. The third kappa shape index (κ3) is 62.2. The maximum Gasteiger partial charge on any atom is 0.143 e. The molecule has 1 atom stereocenters. The highest BCUT2D eigenvalue weighted by Gasteiger charge is 2.18. The zero-order valence-electron chi connectivity index (χ0n) is 48.8. The summed E-state index contributed by atoms with van der Waals surface area (Å²) < 4.78 is 0. The van der Waals surface area contributed by atoms with Crippen molar-refractivity contribution in [3.63, 3.8) is 0 Å². The van der Waals surface area contributed by atoms with Gasteiger partial charge in [0.1, 0.15) is 69.4 Å². The Morgan fingerprint density at radius 3 is 0.833 bits per heavy atom. The van der Waals surface area contributed by atoms with Crippen molar-refractivity contribution in [3.8, 4) is 0 Å². The lowest BCUT2D eigenvalue weighted by molar-refractivity contribution is -0.131. The second-order valence-electron chi connectivity index (χ2n) is 19.2. The Bertz CT molecular complexity index is 1500. The zero-order valence-corrected chi connectivity index (χ0v) is 48.8. The third-order valence-electron chi connectivity index (χ3n) is 11.4. The first-order valence-corrected chi connectivity index (χ1v) is 28.1. The zero-order chi connectivity index (χ0) is 56.9. The summed E-state index contributed by atoms with van der Waals surface area (Å²) in [6.45, 7) is 29.0. The van der Waals surface area contributed by atoms with Gasteiger partial charge in [0.25, 0.3) is 0 Å². The van der Waals surface area contributed by atoms with Crippen LogP contribution in [-0.2, 0) is 57.5 Å². The van der Waals surface area contributed by atoms with Gasteiger partial charge in [0.2, 0.25) is 0 Å². The van der Waals surface area contributed by atoms with Gasteiger partial charge in [-0.25, -0.2) is 0 Å². The van der Waals surface area contributed by atoms with Crippen LogP contribution in [0.15, 0.2) is 0 Å². The van der Waals surface area contributed by atoms with E-state index in [0.29, 0.717) is 51.4 Å². The second-order valence-corrected chi connectivity index (χ2v) is 19.2. The van der Waals surface area contributed by atoms with Gasteiger partial charge >= 0.3 is 0 Å². The highest BCUT2D eigenvalue weighted by Crippen LogP contribution is 2.13. The molecule has 0 saturated heterocycles. The minimum atomic E-state index is -0.0268. The lowest BCUT2D eigenvalue weighted by Crippen LogP contribution is -2.16. The Morgan fingerprint density at radius 2 is 0.569 bits per heavy atom. The first-order valence-electron chi connectivity index (χ1n) is 28.1. The van der Waals surface area contributed by atoms with E-state index in [1.807, 2.05) is 83.1 Å². The number of hydrogen-bond acceptors (Lipinski definition) is 12. The smallest absolute Gasteiger partial charge is 0.143 e.